The van der Waals surface area contributed by atoms with Gasteiger partial charge in [0, 0.05) is 32.2 Å². The summed E-state index contributed by atoms with van der Waals surface area (Å²) in [6.07, 6.45) is 3.37. The highest BCUT2D eigenvalue weighted by Gasteiger charge is 2.29. The standard InChI is InChI=1S/C17H27ClN4O2/c1-13-17(18)14(2)22(19-13)12-16(23)21-6-4-3-5-15(21)11-20-7-9-24-10-8-20/h15H,3-12H2,1-2H3. The number of morpholine rings is 1. The lowest BCUT2D eigenvalue weighted by Gasteiger charge is -2.39. The van der Waals surface area contributed by atoms with E-state index in [-0.39, 0.29) is 12.5 Å². The number of halogens is 1. The van der Waals surface area contributed by atoms with Gasteiger partial charge in [0.25, 0.3) is 0 Å². The van der Waals surface area contributed by atoms with Crippen molar-refractivity contribution >= 4 is 17.5 Å². The first-order valence-electron chi connectivity index (χ1n) is 8.85. The summed E-state index contributed by atoms with van der Waals surface area (Å²) >= 11 is 6.20. The Morgan fingerprint density at radius 3 is 2.67 bits per heavy atom. The molecule has 1 atom stereocenters. The summed E-state index contributed by atoms with van der Waals surface area (Å²) in [4.78, 5) is 17.3. The number of piperidine rings is 1. The van der Waals surface area contributed by atoms with Gasteiger partial charge in [-0.2, -0.15) is 5.10 Å². The lowest BCUT2D eigenvalue weighted by Crippen LogP contribution is -2.52. The van der Waals surface area contributed by atoms with E-state index in [2.05, 4.69) is 14.9 Å². The minimum absolute atomic E-state index is 0.148. The normalized spacial score (nSPS) is 22.8. The van der Waals surface area contributed by atoms with Crippen LogP contribution in [-0.4, -0.2) is 70.9 Å². The van der Waals surface area contributed by atoms with Crippen LogP contribution in [-0.2, 0) is 16.1 Å². The molecule has 1 aromatic rings. The molecule has 2 saturated heterocycles. The van der Waals surface area contributed by atoms with Gasteiger partial charge in [-0.15, -0.1) is 0 Å². The number of ether oxygens (including phenoxy) is 1. The van der Waals surface area contributed by atoms with Crippen molar-refractivity contribution in [3.63, 3.8) is 0 Å². The number of amides is 1. The van der Waals surface area contributed by atoms with Gasteiger partial charge in [0.1, 0.15) is 6.54 Å². The molecular weight excluding hydrogens is 328 g/mol. The minimum atomic E-state index is 0.148. The number of aromatic nitrogens is 2. The van der Waals surface area contributed by atoms with Crippen LogP contribution in [0, 0.1) is 13.8 Å². The summed E-state index contributed by atoms with van der Waals surface area (Å²) < 4.78 is 7.16. The molecule has 0 radical (unpaired) electrons. The molecule has 134 valence electrons. The largest absolute Gasteiger partial charge is 0.379 e. The first kappa shape index (κ1) is 17.7. The summed E-state index contributed by atoms with van der Waals surface area (Å²) in [5, 5.41) is 5.05. The number of carbonyl (C=O) groups excluding carboxylic acids is 1. The van der Waals surface area contributed by atoms with E-state index in [4.69, 9.17) is 16.3 Å². The van der Waals surface area contributed by atoms with E-state index >= 15 is 0 Å². The van der Waals surface area contributed by atoms with Crippen LogP contribution in [0.3, 0.4) is 0 Å². The first-order chi connectivity index (χ1) is 11.6. The van der Waals surface area contributed by atoms with Crippen molar-refractivity contribution in [1.82, 2.24) is 19.6 Å². The fourth-order valence-corrected chi connectivity index (χ4v) is 3.78. The van der Waals surface area contributed by atoms with Crippen molar-refractivity contribution in [3.05, 3.63) is 16.4 Å². The highest BCUT2D eigenvalue weighted by atomic mass is 35.5. The zero-order valence-electron chi connectivity index (χ0n) is 14.6. The fraction of sp³-hybridized carbons (Fsp3) is 0.765. The van der Waals surface area contributed by atoms with Crippen LogP contribution in [0.2, 0.25) is 5.02 Å². The number of hydrogen-bond donors (Lipinski definition) is 0. The van der Waals surface area contributed by atoms with Crippen molar-refractivity contribution in [2.45, 2.75) is 45.7 Å². The number of hydrogen-bond acceptors (Lipinski definition) is 4. The van der Waals surface area contributed by atoms with Crippen LogP contribution in [0.4, 0.5) is 0 Å². The molecule has 24 heavy (non-hydrogen) atoms. The summed E-state index contributed by atoms with van der Waals surface area (Å²) in [7, 11) is 0. The SMILES string of the molecule is Cc1nn(CC(=O)N2CCCCC2CN2CCOCC2)c(C)c1Cl. The second kappa shape index (κ2) is 7.85. The second-order valence-corrected chi connectivity index (χ2v) is 7.17. The zero-order valence-corrected chi connectivity index (χ0v) is 15.4. The molecule has 2 fully saturated rings. The topological polar surface area (TPSA) is 50.6 Å². The van der Waals surface area contributed by atoms with Gasteiger partial charge in [0.15, 0.2) is 0 Å². The summed E-state index contributed by atoms with van der Waals surface area (Å²) in [5.41, 5.74) is 1.65. The molecule has 0 aromatic carbocycles. The van der Waals surface area contributed by atoms with Crippen LogP contribution in [0.5, 0.6) is 0 Å². The van der Waals surface area contributed by atoms with Crippen LogP contribution in [0.15, 0.2) is 0 Å². The third-order valence-electron chi connectivity index (χ3n) is 5.10. The Balaban J connectivity index is 1.65. The number of aryl methyl sites for hydroxylation is 1. The second-order valence-electron chi connectivity index (χ2n) is 6.79. The number of likely N-dealkylation sites (tertiary alicyclic amines) is 1. The third-order valence-corrected chi connectivity index (χ3v) is 5.65. The first-order valence-corrected chi connectivity index (χ1v) is 9.23. The van der Waals surface area contributed by atoms with E-state index < -0.39 is 0 Å². The Morgan fingerprint density at radius 2 is 2.00 bits per heavy atom. The lowest BCUT2D eigenvalue weighted by atomic mass is 10.0. The Morgan fingerprint density at radius 1 is 1.25 bits per heavy atom. The predicted octanol–water partition coefficient (Wildman–Crippen LogP) is 1.87. The highest BCUT2D eigenvalue weighted by molar-refractivity contribution is 6.31. The van der Waals surface area contributed by atoms with Crippen molar-refractivity contribution in [2.75, 3.05) is 39.4 Å². The van der Waals surface area contributed by atoms with E-state index in [1.165, 1.54) is 6.42 Å². The maximum absolute atomic E-state index is 12.9. The van der Waals surface area contributed by atoms with Crippen LogP contribution in [0.1, 0.15) is 30.7 Å². The molecule has 1 unspecified atom stereocenters. The zero-order chi connectivity index (χ0) is 17.1. The maximum atomic E-state index is 12.9. The number of carbonyl (C=O) groups is 1. The van der Waals surface area contributed by atoms with Gasteiger partial charge in [0.05, 0.1) is 29.6 Å². The van der Waals surface area contributed by atoms with Gasteiger partial charge in [0.2, 0.25) is 5.91 Å². The molecule has 7 heteroatoms. The number of rotatable bonds is 4. The van der Waals surface area contributed by atoms with E-state index in [9.17, 15) is 4.79 Å². The molecule has 6 nitrogen and oxygen atoms in total. The smallest absolute Gasteiger partial charge is 0.244 e. The van der Waals surface area contributed by atoms with Crippen molar-refractivity contribution < 1.29 is 9.53 Å². The molecule has 0 spiro atoms. The maximum Gasteiger partial charge on any atom is 0.244 e. The summed E-state index contributed by atoms with van der Waals surface area (Å²) in [6.45, 7) is 9.38. The van der Waals surface area contributed by atoms with Crippen molar-refractivity contribution in [2.24, 2.45) is 0 Å². The van der Waals surface area contributed by atoms with Crippen LogP contribution in [0.25, 0.3) is 0 Å². The molecule has 3 heterocycles. The Hall–Kier alpha value is -1.11. The minimum Gasteiger partial charge on any atom is -0.379 e. The fourth-order valence-electron chi connectivity index (χ4n) is 3.65. The highest BCUT2D eigenvalue weighted by Crippen LogP contribution is 2.22. The average Bonchev–Trinajstić information content (AvgIpc) is 2.83. The Labute approximate surface area is 148 Å². The predicted molar refractivity (Wildman–Crippen MR) is 93.3 cm³/mol. The molecule has 0 bridgehead atoms. The van der Waals surface area contributed by atoms with Gasteiger partial charge >= 0.3 is 0 Å². The monoisotopic (exact) mass is 354 g/mol. The number of nitrogens with zero attached hydrogens (tertiary/aromatic N) is 4. The lowest BCUT2D eigenvalue weighted by molar-refractivity contribution is -0.136. The Kier molecular flexibility index (Phi) is 5.79. The summed E-state index contributed by atoms with van der Waals surface area (Å²) in [6, 6.07) is 0.303. The van der Waals surface area contributed by atoms with E-state index in [0.717, 1.165) is 63.6 Å². The van der Waals surface area contributed by atoms with Gasteiger partial charge in [-0.3, -0.25) is 14.4 Å². The van der Waals surface area contributed by atoms with Gasteiger partial charge in [-0.25, -0.2) is 0 Å². The third kappa shape index (κ3) is 3.92. The molecule has 0 N–H and O–H groups in total. The molecule has 1 amide bonds. The van der Waals surface area contributed by atoms with Crippen LogP contribution >= 0.6 is 11.6 Å². The van der Waals surface area contributed by atoms with Gasteiger partial charge in [-0.1, -0.05) is 11.6 Å². The van der Waals surface area contributed by atoms with Crippen molar-refractivity contribution in [3.8, 4) is 0 Å². The van der Waals surface area contributed by atoms with E-state index in [1.54, 1.807) is 4.68 Å². The van der Waals surface area contributed by atoms with Gasteiger partial charge < -0.3 is 9.64 Å². The Bertz CT molecular complexity index is 583. The molecule has 2 aliphatic heterocycles. The molecule has 3 rings (SSSR count). The van der Waals surface area contributed by atoms with Crippen LogP contribution < -0.4 is 0 Å². The summed E-state index contributed by atoms with van der Waals surface area (Å²) in [5.74, 6) is 0.148. The average molecular weight is 355 g/mol. The molecular formula is C17H27ClN4O2. The molecule has 1 aromatic heterocycles. The van der Waals surface area contributed by atoms with E-state index in [0.29, 0.717) is 11.1 Å². The van der Waals surface area contributed by atoms with Gasteiger partial charge in [-0.05, 0) is 33.1 Å². The van der Waals surface area contributed by atoms with Crippen molar-refractivity contribution in [1.29, 1.82) is 0 Å². The molecule has 2 aliphatic rings. The van der Waals surface area contributed by atoms with E-state index in [1.807, 2.05) is 13.8 Å². The molecule has 0 aliphatic carbocycles. The molecule has 0 saturated carbocycles. The quantitative estimate of drug-likeness (QED) is 0.828.